The smallest absolute Gasteiger partial charge is 0.191 e. The lowest BCUT2D eigenvalue weighted by molar-refractivity contribution is 0.0420. The van der Waals surface area contributed by atoms with Gasteiger partial charge in [0.05, 0.1) is 12.7 Å². The summed E-state index contributed by atoms with van der Waals surface area (Å²) in [5.41, 5.74) is 0. The van der Waals surface area contributed by atoms with Gasteiger partial charge >= 0.3 is 0 Å². The number of hydrogen-bond acceptors (Lipinski definition) is 4. The van der Waals surface area contributed by atoms with Crippen LogP contribution in [0.25, 0.3) is 0 Å². The van der Waals surface area contributed by atoms with Gasteiger partial charge < -0.3 is 25.0 Å². The van der Waals surface area contributed by atoms with Gasteiger partial charge in [-0.05, 0) is 58.7 Å². The molecule has 1 atom stereocenters. The summed E-state index contributed by atoms with van der Waals surface area (Å²) in [5.74, 6) is 1.67. The van der Waals surface area contributed by atoms with Gasteiger partial charge in [-0.15, -0.1) is 0 Å². The predicted octanol–water partition coefficient (Wildman–Crippen LogP) is 1.08. The van der Waals surface area contributed by atoms with E-state index in [1.807, 2.05) is 0 Å². The van der Waals surface area contributed by atoms with E-state index < -0.39 is 0 Å². The highest BCUT2D eigenvalue weighted by Crippen LogP contribution is 2.15. The number of rotatable bonds is 8. The highest BCUT2D eigenvalue weighted by molar-refractivity contribution is 5.79. The van der Waals surface area contributed by atoms with E-state index in [2.05, 4.69) is 29.5 Å². The third kappa shape index (κ3) is 7.50. The summed E-state index contributed by atoms with van der Waals surface area (Å²) >= 11 is 0. The van der Waals surface area contributed by atoms with Gasteiger partial charge in [0.2, 0.25) is 0 Å². The molecule has 134 valence electrons. The average molecular weight is 326 g/mol. The second kappa shape index (κ2) is 10.8. The van der Waals surface area contributed by atoms with E-state index in [0.717, 1.165) is 64.2 Å². The fourth-order valence-electron chi connectivity index (χ4n) is 2.98. The van der Waals surface area contributed by atoms with Gasteiger partial charge in [-0.1, -0.05) is 0 Å². The van der Waals surface area contributed by atoms with E-state index in [0.29, 0.717) is 6.10 Å². The summed E-state index contributed by atoms with van der Waals surface area (Å²) in [4.78, 5) is 7.15. The van der Waals surface area contributed by atoms with Crippen molar-refractivity contribution in [3.8, 4) is 0 Å². The van der Waals surface area contributed by atoms with Crippen molar-refractivity contribution < 1.29 is 9.47 Å². The average Bonchev–Trinajstić information content (AvgIpc) is 3.07. The van der Waals surface area contributed by atoms with Gasteiger partial charge in [-0.2, -0.15) is 0 Å². The molecule has 2 aliphatic rings. The number of piperidine rings is 1. The normalized spacial score (nSPS) is 24.1. The lowest BCUT2D eigenvalue weighted by atomic mass is 9.97. The minimum absolute atomic E-state index is 0.307. The summed E-state index contributed by atoms with van der Waals surface area (Å²) in [6, 6.07) is 0. The molecule has 0 aromatic carbocycles. The SMILES string of the molecule is CCNC(=NCC1CCN(C)CC1)NCCCOC1CCOC1. The number of ether oxygens (including phenoxy) is 2. The molecule has 0 aromatic heterocycles. The number of guanidine groups is 1. The maximum Gasteiger partial charge on any atom is 0.191 e. The molecular formula is C17H34N4O2. The molecule has 2 saturated heterocycles. The van der Waals surface area contributed by atoms with Crippen LogP contribution in [0.1, 0.15) is 32.6 Å². The molecule has 0 aliphatic carbocycles. The summed E-state index contributed by atoms with van der Waals surface area (Å²) in [7, 11) is 2.20. The second-order valence-electron chi connectivity index (χ2n) is 6.60. The van der Waals surface area contributed by atoms with Crippen LogP contribution in [0.2, 0.25) is 0 Å². The number of aliphatic imine (C=N–C) groups is 1. The third-order valence-electron chi connectivity index (χ3n) is 4.54. The van der Waals surface area contributed by atoms with Crippen molar-refractivity contribution in [1.29, 1.82) is 0 Å². The van der Waals surface area contributed by atoms with Gasteiger partial charge in [-0.25, -0.2) is 0 Å². The Morgan fingerprint density at radius 2 is 2.09 bits per heavy atom. The first kappa shape index (κ1) is 18.5. The second-order valence-corrected chi connectivity index (χ2v) is 6.60. The molecule has 0 spiro atoms. The van der Waals surface area contributed by atoms with Crippen LogP contribution < -0.4 is 10.6 Å². The van der Waals surface area contributed by atoms with Crippen LogP contribution in [0.3, 0.4) is 0 Å². The Balaban J connectivity index is 1.59. The zero-order chi connectivity index (χ0) is 16.3. The minimum atomic E-state index is 0.307. The van der Waals surface area contributed by atoms with Crippen molar-refractivity contribution in [3.05, 3.63) is 0 Å². The summed E-state index contributed by atoms with van der Waals surface area (Å²) in [5, 5.41) is 6.74. The van der Waals surface area contributed by atoms with E-state index in [-0.39, 0.29) is 0 Å². The van der Waals surface area contributed by atoms with Crippen LogP contribution in [-0.2, 0) is 9.47 Å². The van der Waals surface area contributed by atoms with Crippen LogP contribution in [-0.4, -0.2) is 76.6 Å². The monoisotopic (exact) mass is 326 g/mol. The lowest BCUT2D eigenvalue weighted by Gasteiger charge is -2.28. The molecule has 0 amide bonds. The van der Waals surface area contributed by atoms with Crippen molar-refractivity contribution in [2.45, 2.75) is 38.7 Å². The zero-order valence-electron chi connectivity index (χ0n) is 14.9. The standard InChI is InChI=1S/C17H34N4O2/c1-3-18-17(20-13-15-5-9-21(2)10-6-15)19-8-4-11-23-16-7-12-22-14-16/h15-16H,3-14H2,1-2H3,(H2,18,19,20). The van der Waals surface area contributed by atoms with Crippen molar-refractivity contribution in [1.82, 2.24) is 15.5 Å². The van der Waals surface area contributed by atoms with Gasteiger partial charge in [0, 0.05) is 32.8 Å². The number of likely N-dealkylation sites (tertiary alicyclic amines) is 1. The number of nitrogens with one attached hydrogen (secondary N) is 2. The van der Waals surface area contributed by atoms with Crippen molar-refractivity contribution in [2.24, 2.45) is 10.9 Å². The first-order valence-corrected chi connectivity index (χ1v) is 9.18. The Bertz CT molecular complexity index is 337. The number of nitrogens with zero attached hydrogens (tertiary/aromatic N) is 2. The first-order valence-electron chi connectivity index (χ1n) is 9.18. The Morgan fingerprint density at radius 3 is 2.78 bits per heavy atom. The quantitative estimate of drug-likeness (QED) is 0.397. The molecule has 6 heteroatoms. The third-order valence-corrected chi connectivity index (χ3v) is 4.54. The van der Waals surface area contributed by atoms with Crippen LogP contribution in [0.15, 0.2) is 4.99 Å². The minimum Gasteiger partial charge on any atom is -0.379 e. The van der Waals surface area contributed by atoms with Gasteiger partial charge in [0.25, 0.3) is 0 Å². The molecule has 23 heavy (non-hydrogen) atoms. The Morgan fingerprint density at radius 1 is 1.26 bits per heavy atom. The largest absolute Gasteiger partial charge is 0.379 e. The van der Waals surface area contributed by atoms with Crippen LogP contribution >= 0.6 is 0 Å². The van der Waals surface area contributed by atoms with Gasteiger partial charge in [0.15, 0.2) is 5.96 Å². The molecule has 0 bridgehead atoms. The number of hydrogen-bond donors (Lipinski definition) is 2. The molecular weight excluding hydrogens is 292 g/mol. The fourth-order valence-corrected chi connectivity index (χ4v) is 2.98. The molecule has 6 nitrogen and oxygen atoms in total. The Kier molecular flexibility index (Phi) is 8.71. The molecule has 2 N–H and O–H groups in total. The summed E-state index contributed by atoms with van der Waals surface area (Å²) in [6.07, 6.45) is 4.86. The van der Waals surface area contributed by atoms with Crippen molar-refractivity contribution in [2.75, 3.05) is 59.6 Å². The topological polar surface area (TPSA) is 58.1 Å². The highest BCUT2D eigenvalue weighted by atomic mass is 16.5. The molecule has 1 unspecified atom stereocenters. The summed E-state index contributed by atoms with van der Waals surface area (Å²) in [6.45, 7) is 9.62. The highest BCUT2D eigenvalue weighted by Gasteiger charge is 2.16. The summed E-state index contributed by atoms with van der Waals surface area (Å²) < 4.78 is 11.1. The van der Waals surface area contributed by atoms with Crippen LogP contribution in [0, 0.1) is 5.92 Å². The molecule has 0 radical (unpaired) electrons. The van der Waals surface area contributed by atoms with Crippen LogP contribution in [0.4, 0.5) is 0 Å². The Hall–Kier alpha value is -0.850. The molecule has 2 aliphatic heterocycles. The zero-order valence-corrected chi connectivity index (χ0v) is 14.9. The fraction of sp³-hybridized carbons (Fsp3) is 0.941. The van der Waals surface area contributed by atoms with Gasteiger partial charge in [0.1, 0.15) is 0 Å². The predicted molar refractivity (Wildman–Crippen MR) is 94.0 cm³/mol. The van der Waals surface area contributed by atoms with E-state index >= 15 is 0 Å². The molecule has 0 aromatic rings. The first-order chi connectivity index (χ1) is 11.3. The van der Waals surface area contributed by atoms with Crippen molar-refractivity contribution >= 4 is 5.96 Å². The molecule has 2 heterocycles. The van der Waals surface area contributed by atoms with E-state index in [9.17, 15) is 0 Å². The van der Waals surface area contributed by atoms with E-state index in [1.54, 1.807) is 0 Å². The molecule has 2 rings (SSSR count). The maximum absolute atomic E-state index is 5.78. The van der Waals surface area contributed by atoms with Crippen LogP contribution in [0.5, 0.6) is 0 Å². The van der Waals surface area contributed by atoms with E-state index in [1.165, 1.54) is 25.9 Å². The molecule has 2 fully saturated rings. The maximum atomic E-state index is 5.78. The van der Waals surface area contributed by atoms with Crippen molar-refractivity contribution in [3.63, 3.8) is 0 Å². The molecule has 0 saturated carbocycles. The Labute approximate surface area is 141 Å². The van der Waals surface area contributed by atoms with E-state index in [4.69, 9.17) is 14.5 Å². The lowest BCUT2D eigenvalue weighted by Crippen LogP contribution is -2.39. The van der Waals surface area contributed by atoms with Gasteiger partial charge in [-0.3, -0.25) is 4.99 Å².